The topological polar surface area (TPSA) is 116 Å². The quantitative estimate of drug-likeness (QED) is 0.494. The summed E-state index contributed by atoms with van der Waals surface area (Å²) in [5, 5.41) is 10.5. The molecule has 0 fully saturated rings. The lowest BCUT2D eigenvalue weighted by Gasteiger charge is -2.19. The number of carbonyl (C=O) groups excluding carboxylic acids is 1. The van der Waals surface area contributed by atoms with Gasteiger partial charge in [-0.2, -0.15) is 9.11 Å². The zero-order valence-electron chi connectivity index (χ0n) is 12.1. The molecule has 0 heterocycles. The maximum Gasteiger partial charge on any atom is 0.321 e. The number of hydrogen-bond donors (Lipinski definition) is 1. The number of benzene rings is 1. The van der Waals surface area contributed by atoms with Gasteiger partial charge >= 0.3 is 11.7 Å². The summed E-state index contributed by atoms with van der Waals surface area (Å²) in [6.07, 6.45) is 0. The molecule has 10 heteroatoms. The van der Waals surface area contributed by atoms with Crippen molar-refractivity contribution in [2.75, 3.05) is 6.54 Å². The van der Waals surface area contributed by atoms with Crippen LogP contribution < -0.4 is 4.72 Å². The molecule has 0 aliphatic heterocycles. The van der Waals surface area contributed by atoms with E-state index in [1.165, 1.54) is 0 Å². The molecule has 1 rings (SSSR count). The van der Waals surface area contributed by atoms with Gasteiger partial charge in [0, 0.05) is 12.1 Å². The minimum Gasteiger partial charge on any atom is -0.459 e. The van der Waals surface area contributed by atoms with E-state index in [9.17, 15) is 27.7 Å². The van der Waals surface area contributed by atoms with Crippen molar-refractivity contribution in [3.05, 3.63) is 34.1 Å². The molecule has 122 valence electrons. The predicted molar refractivity (Wildman–Crippen MR) is 74.1 cm³/mol. The average Bonchev–Trinajstić information content (AvgIpc) is 2.34. The number of carbonyl (C=O) groups is 1. The lowest BCUT2D eigenvalue weighted by atomic mass is 10.2. The van der Waals surface area contributed by atoms with Crippen LogP contribution in [0.4, 0.5) is 10.1 Å². The highest BCUT2D eigenvalue weighted by atomic mass is 32.2. The smallest absolute Gasteiger partial charge is 0.321 e. The summed E-state index contributed by atoms with van der Waals surface area (Å²) < 4.78 is 44.0. The van der Waals surface area contributed by atoms with Crippen LogP contribution in [-0.4, -0.2) is 31.5 Å². The van der Waals surface area contributed by atoms with Gasteiger partial charge in [-0.1, -0.05) is 0 Å². The van der Waals surface area contributed by atoms with Crippen molar-refractivity contribution in [2.45, 2.75) is 31.3 Å². The number of ether oxygens (including phenoxy) is 1. The normalized spacial score (nSPS) is 12.0. The molecule has 8 nitrogen and oxygen atoms in total. The molecule has 0 saturated carbocycles. The summed E-state index contributed by atoms with van der Waals surface area (Å²) in [6.45, 7) is 4.21. The van der Waals surface area contributed by atoms with Crippen molar-refractivity contribution >= 4 is 21.7 Å². The van der Waals surface area contributed by atoms with Crippen LogP contribution in [0.2, 0.25) is 0 Å². The summed E-state index contributed by atoms with van der Waals surface area (Å²) in [6, 6.07) is 2.12. The maximum atomic E-state index is 13.4. The third kappa shape index (κ3) is 5.04. The zero-order chi connectivity index (χ0) is 17.1. The van der Waals surface area contributed by atoms with E-state index in [4.69, 9.17) is 4.74 Å². The number of nitrogens with one attached hydrogen (secondary N) is 1. The monoisotopic (exact) mass is 334 g/mol. The molecule has 1 N–H and O–H groups in total. The van der Waals surface area contributed by atoms with Crippen molar-refractivity contribution in [2.24, 2.45) is 0 Å². The number of nitrogens with zero attached hydrogens (tertiary/aromatic N) is 1. The fourth-order valence-corrected chi connectivity index (χ4v) is 2.40. The second-order valence-corrected chi connectivity index (χ2v) is 7.05. The van der Waals surface area contributed by atoms with E-state index in [-0.39, 0.29) is 0 Å². The van der Waals surface area contributed by atoms with E-state index in [2.05, 4.69) is 0 Å². The molecule has 1 aromatic rings. The van der Waals surface area contributed by atoms with E-state index < -0.39 is 49.5 Å². The SMILES string of the molecule is CC(C)(C)OC(=O)CNS(=O)(=O)c1ccc([N+](=O)[O-])c(F)c1. The third-order valence-electron chi connectivity index (χ3n) is 2.25. The molecular weight excluding hydrogens is 319 g/mol. The fraction of sp³-hybridized carbons (Fsp3) is 0.417. The summed E-state index contributed by atoms with van der Waals surface area (Å²) in [5.41, 5.74) is -1.62. The van der Waals surface area contributed by atoms with E-state index in [0.717, 1.165) is 12.1 Å². The highest BCUT2D eigenvalue weighted by molar-refractivity contribution is 7.89. The highest BCUT2D eigenvalue weighted by Gasteiger charge is 2.23. The molecule has 0 aliphatic carbocycles. The largest absolute Gasteiger partial charge is 0.459 e. The first-order valence-electron chi connectivity index (χ1n) is 6.08. The van der Waals surface area contributed by atoms with Gasteiger partial charge in [-0.3, -0.25) is 14.9 Å². The Bertz CT molecular complexity index is 696. The summed E-state index contributed by atoms with van der Waals surface area (Å²) >= 11 is 0. The number of hydrogen-bond acceptors (Lipinski definition) is 6. The Morgan fingerprint density at radius 1 is 1.41 bits per heavy atom. The third-order valence-corrected chi connectivity index (χ3v) is 3.65. The minimum atomic E-state index is -4.19. The van der Waals surface area contributed by atoms with Crippen LogP contribution in [0.25, 0.3) is 0 Å². The summed E-state index contributed by atoms with van der Waals surface area (Å²) in [7, 11) is -4.19. The first-order chi connectivity index (χ1) is 9.92. The Morgan fingerprint density at radius 2 is 2.00 bits per heavy atom. The minimum absolute atomic E-state index is 0.509. The number of halogens is 1. The Balaban J connectivity index is 2.85. The Morgan fingerprint density at radius 3 is 2.45 bits per heavy atom. The molecule has 0 saturated heterocycles. The predicted octanol–water partition coefficient (Wildman–Crippen LogP) is 1.35. The molecule has 0 radical (unpaired) electrons. The number of rotatable bonds is 5. The molecule has 22 heavy (non-hydrogen) atoms. The van der Waals surface area contributed by atoms with Crippen LogP contribution in [0.1, 0.15) is 20.8 Å². The van der Waals surface area contributed by atoms with Crippen LogP contribution in [-0.2, 0) is 19.6 Å². The number of sulfonamides is 1. The van der Waals surface area contributed by atoms with Crippen LogP contribution in [0.5, 0.6) is 0 Å². The maximum absolute atomic E-state index is 13.4. The van der Waals surface area contributed by atoms with Crippen LogP contribution in [0.3, 0.4) is 0 Å². The van der Waals surface area contributed by atoms with Crippen molar-refractivity contribution in [3.8, 4) is 0 Å². The van der Waals surface area contributed by atoms with Gasteiger partial charge in [0.1, 0.15) is 12.1 Å². The van der Waals surface area contributed by atoms with Crippen molar-refractivity contribution in [1.82, 2.24) is 4.72 Å². The molecule has 0 spiro atoms. The van der Waals surface area contributed by atoms with Gasteiger partial charge in [0.05, 0.1) is 9.82 Å². The number of esters is 1. The molecule has 0 aliphatic rings. The average molecular weight is 334 g/mol. The Labute approximate surface area is 126 Å². The zero-order valence-corrected chi connectivity index (χ0v) is 12.9. The van der Waals surface area contributed by atoms with E-state index >= 15 is 0 Å². The van der Waals surface area contributed by atoms with Gasteiger partial charge in [-0.15, -0.1) is 0 Å². The first-order valence-corrected chi connectivity index (χ1v) is 7.56. The van der Waals surface area contributed by atoms with E-state index in [1.807, 2.05) is 4.72 Å². The Hall–Kier alpha value is -2.07. The van der Waals surface area contributed by atoms with Crippen LogP contribution in [0, 0.1) is 15.9 Å². The first kappa shape index (κ1) is 18.0. The standard InChI is InChI=1S/C12H15FN2O6S/c1-12(2,3)21-11(16)7-14-22(19,20)8-4-5-10(15(17)18)9(13)6-8/h4-6,14H,7H2,1-3H3. The van der Waals surface area contributed by atoms with Gasteiger partial charge in [0.2, 0.25) is 15.8 Å². The lowest BCUT2D eigenvalue weighted by molar-refractivity contribution is -0.387. The van der Waals surface area contributed by atoms with E-state index in [1.54, 1.807) is 20.8 Å². The molecule has 1 aromatic carbocycles. The molecule has 0 atom stereocenters. The Kier molecular flexibility index (Phi) is 5.20. The van der Waals surface area contributed by atoms with Gasteiger partial charge in [0.25, 0.3) is 0 Å². The fourth-order valence-electron chi connectivity index (χ4n) is 1.42. The second-order valence-electron chi connectivity index (χ2n) is 5.28. The second kappa shape index (κ2) is 6.36. The number of nitro groups is 1. The molecule has 0 amide bonds. The van der Waals surface area contributed by atoms with Gasteiger partial charge in [-0.25, -0.2) is 8.42 Å². The van der Waals surface area contributed by atoms with Crippen molar-refractivity contribution in [1.29, 1.82) is 0 Å². The van der Waals surface area contributed by atoms with E-state index in [0.29, 0.717) is 6.07 Å². The lowest BCUT2D eigenvalue weighted by Crippen LogP contribution is -2.34. The highest BCUT2D eigenvalue weighted by Crippen LogP contribution is 2.20. The molecular formula is C12H15FN2O6S. The summed E-state index contributed by atoms with van der Waals surface area (Å²) in [4.78, 5) is 20.4. The van der Waals surface area contributed by atoms with Gasteiger partial charge < -0.3 is 4.74 Å². The number of nitro benzene ring substituents is 1. The molecule has 0 unspecified atom stereocenters. The van der Waals surface area contributed by atoms with Crippen molar-refractivity contribution < 1.29 is 27.3 Å². The van der Waals surface area contributed by atoms with Crippen LogP contribution >= 0.6 is 0 Å². The summed E-state index contributed by atoms with van der Waals surface area (Å²) in [5.74, 6) is -2.09. The molecule has 0 aromatic heterocycles. The molecule has 0 bridgehead atoms. The van der Waals surface area contributed by atoms with Gasteiger partial charge in [0.15, 0.2) is 0 Å². The van der Waals surface area contributed by atoms with Gasteiger partial charge in [-0.05, 0) is 26.8 Å². The van der Waals surface area contributed by atoms with Crippen LogP contribution in [0.15, 0.2) is 23.1 Å². The van der Waals surface area contributed by atoms with Crippen molar-refractivity contribution in [3.63, 3.8) is 0 Å².